The van der Waals surface area contributed by atoms with Crippen LogP contribution < -0.4 is 5.73 Å². The van der Waals surface area contributed by atoms with Crippen LogP contribution in [0.25, 0.3) is 21.8 Å². The van der Waals surface area contributed by atoms with Crippen molar-refractivity contribution in [3.63, 3.8) is 0 Å². The lowest BCUT2D eigenvalue weighted by Gasteiger charge is -2.41. The number of carbonyl (C=O) groups excluding carboxylic acids is 1. The van der Waals surface area contributed by atoms with Crippen LogP contribution in [0.1, 0.15) is 34.6 Å². The number of ether oxygens (including phenoxy) is 1. The summed E-state index contributed by atoms with van der Waals surface area (Å²) in [6.07, 6.45) is 3.16. The molecule has 1 saturated heterocycles. The number of aromatic nitrogens is 4. The third-order valence-corrected chi connectivity index (χ3v) is 7.19. The van der Waals surface area contributed by atoms with Crippen molar-refractivity contribution in [2.75, 3.05) is 12.3 Å². The van der Waals surface area contributed by atoms with E-state index in [4.69, 9.17) is 10.5 Å². The fourth-order valence-corrected chi connectivity index (χ4v) is 5.53. The highest BCUT2D eigenvalue weighted by Crippen LogP contribution is 2.44. The molecule has 8 nitrogen and oxygen atoms in total. The molecule has 1 amide bonds. The van der Waals surface area contributed by atoms with Crippen LogP contribution >= 0.6 is 15.9 Å². The highest BCUT2D eigenvalue weighted by atomic mass is 79.9. The minimum Gasteiger partial charge on any atom is -0.383 e. The number of carbonyl (C=O) groups is 1. The summed E-state index contributed by atoms with van der Waals surface area (Å²) < 4.78 is 23.1. The number of halogens is 2. The van der Waals surface area contributed by atoms with Crippen LogP contribution in [-0.2, 0) is 18.2 Å². The third kappa shape index (κ3) is 2.97. The van der Waals surface area contributed by atoms with Crippen LogP contribution in [0.15, 0.2) is 35.1 Å². The molecule has 168 valence electrons. The molecule has 33 heavy (non-hydrogen) atoms. The molecule has 3 atom stereocenters. The van der Waals surface area contributed by atoms with Gasteiger partial charge in [0.2, 0.25) is 0 Å². The summed E-state index contributed by atoms with van der Waals surface area (Å²) in [5.41, 5.74) is 9.12. The smallest absolute Gasteiger partial charge is 0.273 e. The molecule has 2 N–H and O–H groups in total. The van der Waals surface area contributed by atoms with Gasteiger partial charge in [-0.2, -0.15) is 5.10 Å². The van der Waals surface area contributed by atoms with Gasteiger partial charge in [-0.15, -0.1) is 0 Å². The predicted molar refractivity (Wildman–Crippen MR) is 124 cm³/mol. The Morgan fingerprint density at radius 1 is 1.30 bits per heavy atom. The van der Waals surface area contributed by atoms with Gasteiger partial charge in [-0.3, -0.25) is 9.48 Å². The van der Waals surface area contributed by atoms with Gasteiger partial charge in [-0.1, -0.05) is 6.07 Å². The van der Waals surface area contributed by atoms with E-state index >= 15 is 0 Å². The van der Waals surface area contributed by atoms with Crippen molar-refractivity contribution in [1.82, 2.24) is 24.6 Å². The van der Waals surface area contributed by atoms with E-state index in [1.807, 2.05) is 20.0 Å². The van der Waals surface area contributed by atoms with Crippen molar-refractivity contribution in [3.05, 3.63) is 57.7 Å². The molecule has 0 bridgehead atoms. The number of hydrogen-bond acceptors (Lipinski definition) is 6. The lowest BCUT2D eigenvalue weighted by atomic mass is 10.0. The maximum atomic E-state index is 14.8. The number of nitrogens with zero attached hydrogens (tertiary/aromatic N) is 5. The fraction of sp³-hybridized carbons (Fsp3) is 0.304. The quantitative estimate of drug-likeness (QED) is 0.420. The summed E-state index contributed by atoms with van der Waals surface area (Å²) in [6.45, 7) is 2.31. The lowest BCUT2D eigenvalue weighted by Crippen LogP contribution is -2.50. The molecule has 0 radical (unpaired) electrons. The second kappa shape index (κ2) is 7.19. The number of nitrogens with two attached hydrogens (primary N) is 1. The normalized spacial score (nSPS) is 22.1. The number of pyridine rings is 2. The van der Waals surface area contributed by atoms with E-state index in [9.17, 15) is 9.18 Å². The average Bonchev–Trinajstić information content (AvgIpc) is 3.37. The topological polar surface area (TPSA) is 99.2 Å². The summed E-state index contributed by atoms with van der Waals surface area (Å²) >= 11 is 3.26. The second-order valence-corrected chi connectivity index (χ2v) is 9.49. The van der Waals surface area contributed by atoms with Crippen LogP contribution in [0, 0.1) is 5.82 Å². The van der Waals surface area contributed by atoms with Crippen LogP contribution in [-0.4, -0.2) is 49.3 Å². The van der Waals surface area contributed by atoms with Crippen LogP contribution in [0.5, 0.6) is 0 Å². The minimum atomic E-state index is -0.370. The molecule has 4 aromatic rings. The van der Waals surface area contributed by atoms with Crippen molar-refractivity contribution in [2.24, 2.45) is 7.05 Å². The van der Waals surface area contributed by atoms with Crippen molar-refractivity contribution < 1.29 is 13.9 Å². The van der Waals surface area contributed by atoms with Crippen LogP contribution in [0.3, 0.4) is 0 Å². The second-order valence-electron chi connectivity index (χ2n) is 8.63. The molecule has 1 aliphatic heterocycles. The highest BCUT2D eigenvalue weighted by Gasteiger charge is 2.45. The molecule has 1 aromatic carbocycles. The van der Waals surface area contributed by atoms with Gasteiger partial charge >= 0.3 is 0 Å². The average molecular weight is 511 g/mol. The zero-order chi connectivity index (χ0) is 23.0. The molecule has 0 saturated carbocycles. The molecule has 4 heterocycles. The first-order chi connectivity index (χ1) is 15.8. The number of benzene rings is 1. The van der Waals surface area contributed by atoms with Gasteiger partial charge in [0, 0.05) is 25.4 Å². The Hall–Kier alpha value is -3.11. The molecular formula is C23H20BrFN6O2. The van der Waals surface area contributed by atoms with Gasteiger partial charge in [0.05, 0.1) is 51.5 Å². The molecule has 1 aliphatic carbocycles. The molecule has 3 aromatic heterocycles. The van der Waals surface area contributed by atoms with Crippen LogP contribution in [0.2, 0.25) is 0 Å². The van der Waals surface area contributed by atoms with E-state index < -0.39 is 0 Å². The maximum absolute atomic E-state index is 14.8. The zero-order valence-corrected chi connectivity index (χ0v) is 19.5. The summed E-state index contributed by atoms with van der Waals surface area (Å²) in [5.74, 6) is -0.158. The van der Waals surface area contributed by atoms with Crippen molar-refractivity contribution in [3.8, 4) is 0 Å². The van der Waals surface area contributed by atoms with Gasteiger partial charge in [-0.25, -0.2) is 14.4 Å². The maximum Gasteiger partial charge on any atom is 0.273 e. The SMILES string of the molecule is C[C@H]1CN(C(=O)c2cc3c(cn2)nc(N)c2cnn(C)c23)[C@H]2c3ccc(Br)c(F)c3C[C@H]2O1. The number of aryl methyl sites for hydroxylation is 1. The Morgan fingerprint density at radius 2 is 2.12 bits per heavy atom. The van der Waals surface area contributed by atoms with Crippen molar-refractivity contribution in [1.29, 1.82) is 0 Å². The standard InChI is InChI=1S/C23H20BrFN6O2/c1-10-9-31(21-11-3-4-15(24)19(25)12(11)6-18(21)33-10)23(32)16-5-13-17(8-27-16)29-22(26)14-7-28-30(2)20(13)14/h3-5,7-8,10,18,21H,6,9H2,1-2H3,(H2,26,29)/t10-,18+,21-/m0/s1. The number of fused-ring (bicyclic) bond motifs is 6. The fourth-order valence-electron chi connectivity index (χ4n) is 5.16. The Labute approximate surface area is 196 Å². The summed E-state index contributed by atoms with van der Waals surface area (Å²) in [7, 11) is 1.82. The number of rotatable bonds is 1. The van der Waals surface area contributed by atoms with Crippen molar-refractivity contribution in [2.45, 2.75) is 31.6 Å². The Morgan fingerprint density at radius 3 is 2.94 bits per heavy atom. The third-order valence-electron chi connectivity index (χ3n) is 6.58. The van der Waals surface area contributed by atoms with Gasteiger partial charge < -0.3 is 15.4 Å². The predicted octanol–water partition coefficient (Wildman–Crippen LogP) is 3.53. The first-order valence-corrected chi connectivity index (χ1v) is 11.4. The molecule has 0 unspecified atom stereocenters. The lowest BCUT2D eigenvalue weighted by molar-refractivity contribution is -0.0938. The van der Waals surface area contributed by atoms with E-state index in [2.05, 4.69) is 31.0 Å². The zero-order valence-electron chi connectivity index (χ0n) is 17.9. The summed E-state index contributed by atoms with van der Waals surface area (Å²) in [6, 6.07) is 4.92. The number of morpholine rings is 1. The first kappa shape index (κ1) is 20.5. The molecule has 6 rings (SSSR count). The molecule has 2 aliphatic rings. The number of amides is 1. The summed E-state index contributed by atoms with van der Waals surface area (Å²) in [5, 5.41) is 5.76. The first-order valence-electron chi connectivity index (χ1n) is 10.6. The van der Waals surface area contributed by atoms with Gasteiger partial charge in [0.25, 0.3) is 5.91 Å². The molecule has 10 heteroatoms. The van der Waals surface area contributed by atoms with E-state index in [0.717, 1.165) is 21.9 Å². The van der Waals surface area contributed by atoms with Crippen LogP contribution in [0.4, 0.5) is 10.2 Å². The number of anilines is 1. The Kier molecular flexibility index (Phi) is 4.47. The Balaban J connectivity index is 1.46. The number of hydrogen-bond donors (Lipinski definition) is 1. The molecular weight excluding hydrogens is 491 g/mol. The Bertz CT molecular complexity index is 1470. The van der Waals surface area contributed by atoms with E-state index in [-0.39, 0.29) is 35.7 Å². The summed E-state index contributed by atoms with van der Waals surface area (Å²) in [4.78, 5) is 24.3. The molecule has 1 fully saturated rings. The minimum absolute atomic E-state index is 0.179. The monoisotopic (exact) mass is 510 g/mol. The molecule has 0 spiro atoms. The van der Waals surface area contributed by atoms with Gasteiger partial charge in [-0.05, 0) is 46.1 Å². The largest absolute Gasteiger partial charge is 0.383 e. The van der Waals surface area contributed by atoms with Crippen molar-refractivity contribution >= 4 is 49.5 Å². The van der Waals surface area contributed by atoms with E-state index in [1.54, 1.807) is 34.1 Å². The van der Waals surface area contributed by atoms with E-state index in [1.165, 1.54) is 0 Å². The highest BCUT2D eigenvalue weighted by molar-refractivity contribution is 9.10. The van der Waals surface area contributed by atoms with Gasteiger partial charge in [0.1, 0.15) is 17.3 Å². The van der Waals surface area contributed by atoms with E-state index in [0.29, 0.717) is 34.3 Å². The van der Waals surface area contributed by atoms with Gasteiger partial charge in [0.15, 0.2) is 0 Å². The number of nitrogen functional groups attached to an aromatic ring is 1.